The first-order valence-corrected chi connectivity index (χ1v) is 12.9. The van der Waals surface area contributed by atoms with Crippen LogP contribution in [0.3, 0.4) is 0 Å². The van der Waals surface area contributed by atoms with E-state index in [1.54, 1.807) is 24.1 Å². The molecule has 0 aromatic heterocycles. The summed E-state index contributed by atoms with van der Waals surface area (Å²) in [6.07, 6.45) is 2.53. The van der Waals surface area contributed by atoms with E-state index in [-0.39, 0.29) is 16.6 Å². The second-order valence-electron chi connectivity index (χ2n) is 8.51. The number of hydrogen-bond donors (Lipinski definition) is 0. The Morgan fingerprint density at radius 1 is 1.03 bits per heavy atom. The smallest absolute Gasteiger partial charge is 0.268 e. The summed E-state index contributed by atoms with van der Waals surface area (Å²) in [5.41, 5.74) is 4.23. The zero-order valence-corrected chi connectivity index (χ0v) is 20.6. The number of benzene rings is 3. The molecule has 1 amide bonds. The molecule has 3 aromatic carbocycles. The van der Waals surface area contributed by atoms with Crippen molar-refractivity contribution < 1.29 is 17.9 Å². The van der Waals surface area contributed by atoms with E-state index in [9.17, 15) is 13.2 Å². The van der Waals surface area contributed by atoms with Crippen molar-refractivity contribution in [3.05, 3.63) is 89.0 Å². The highest BCUT2D eigenvalue weighted by Gasteiger charge is 2.32. The molecule has 3 aromatic rings. The fourth-order valence-corrected chi connectivity index (χ4v) is 6.05. The molecule has 0 N–H and O–H groups in total. The van der Waals surface area contributed by atoms with Crippen molar-refractivity contribution in [3.63, 3.8) is 0 Å². The Kier molecular flexibility index (Phi) is 6.93. The zero-order valence-electron chi connectivity index (χ0n) is 19.8. The van der Waals surface area contributed by atoms with Gasteiger partial charge in [0.2, 0.25) is 0 Å². The monoisotopic (exact) mass is 478 g/mol. The highest BCUT2D eigenvalue weighted by atomic mass is 32.2. The van der Waals surface area contributed by atoms with Gasteiger partial charge in [0, 0.05) is 25.7 Å². The van der Waals surface area contributed by atoms with Crippen LogP contribution in [0.4, 0.5) is 5.69 Å². The predicted molar refractivity (Wildman–Crippen MR) is 134 cm³/mol. The largest absolute Gasteiger partial charge is 0.495 e. The number of para-hydroxylation sites is 1. The number of carbonyl (C=O) groups is 1. The summed E-state index contributed by atoms with van der Waals surface area (Å²) in [6, 6.07) is 20.3. The van der Waals surface area contributed by atoms with Gasteiger partial charge in [0.15, 0.2) is 0 Å². The second-order valence-corrected chi connectivity index (χ2v) is 10.3. The van der Waals surface area contributed by atoms with Gasteiger partial charge in [-0.15, -0.1) is 0 Å². The van der Waals surface area contributed by atoms with Crippen LogP contribution in [0.25, 0.3) is 0 Å². The number of nitrogens with zero attached hydrogens (tertiary/aromatic N) is 2. The maximum Gasteiger partial charge on any atom is 0.268 e. The van der Waals surface area contributed by atoms with Crippen molar-refractivity contribution in [2.24, 2.45) is 0 Å². The number of sulfonamides is 1. The van der Waals surface area contributed by atoms with Crippen LogP contribution in [0.15, 0.2) is 71.6 Å². The van der Waals surface area contributed by atoms with Crippen molar-refractivity contribution in [1.82, 2.24) is 4.90 Å². The van der Waals surface area contributed by atoms with Crippen LogP contribution >= 0.6 is 0 Å². The highest BCUT2D eigenvalue weighted by Crippen LogP contribution is 2.35. The van der Waals surface area contributed by atoms with Crippen molar-refractivity contribution in [3.8, 4) is 5.75 Å². The van der Waals surface area contributed by atoms with Gasteiger partial charge in [0.1, 0.15) is 10.6 Å². The summed E-state index contributed by atoms with van der Waals surface area (Å²) in [6.45, 7) is 2.91. The molecule has 6 nitrogen and oxygen atoms in total. The summed E-state index contributed by atoms with van der Waals surface area (Å²) >= 11 is 0. The molecule has 178 valence electrons. The number of hydrogen-bond acceptors (Lipinski definition) is 4. The molecule has 1 heterocycles. The maximum absolute atomic E-state index is 13.7. The van der Waals surface area contributed by atoms with E-state index >= 15 is 0 Å². The lowest BCUT2D eigenvalue weighted by Gasteiger charge is -2.31. The quantitative estimate of drug-likeness (QED) is 0.495. The molecule has 0 unspecified atom stereocenters. The first-order valence-electron chi connectivity index (χ1n) is 11.5. The van der Waals surface area contributed by atoms with Crippen LogP contribution in [0.1, 0.15) is 40.4 Å². The van der Waals surface area contributed by atoms with E-state index < -0.39 is 10.0 Å². The Morgan fingerprint density at radius 2 is 1.74 bits per heavy atom. The van der Waals surface area contributed by atoms with E-state index in [0.717, 1.165) is 30.4 Å². The Balaban J connectivity index is 1.64. The molecule has 0 atom stereocenters. The molecule has 34 heavy (non-hydrogen) atoms. The average Bonchev–Trinajstić information content (AvgIpc) is 2.87. The van der Waals surface area contributed by atoms with E-state index in [1.165, 1.54) is 23.0 Å². The van der Waals surface area contributed by atoms with Crippen LogP contribution in [0, 0.1) is 0 Å². The molecular weight excluding hydrogens is 448 g/mol. The second kappa shape index (κ2) is 9.89. The van der Waals surface area contributed by atoms with E-state index in [1.807, 2.05) is 36.4 Å². The average molecular weight is 479 g/mol. The number of ether oxygens (including phenoxy) is 1. The Labute approximate surface area is 201 Å². The van der Waals surface area contributed by atoms with Gasteiger partial charge in [-0.3, -0.25) is 9.10 Å². The molecule has 0 saturated carbocycles. The lowest BCUT2D eigenvalue weighted by molar-refractivity contribution is 0.0785. The summed E-state index contributed by atoms with van der Waals surface area (Å²) in [5.74, 6) is -0.0323. The van der Waals surface area contributed by atoms with Gasteiger partial charge in [-0.05, 0) is 60.2 Å². The van der Waals surface area contributed by atoms with Crippen molar-refractivity contribution >= 4 is 21.6 Å². The summed E-state index contributed by atoms with van der Waals surface area (Å²) in [5, 5.41) is 0. The van der Waals surface area contributed by atoms with Crippen molar-refractivity contribution in [2.75, 3.05) is 25.0 Å². The summed E-state index contributed by atoms with van der Waals surface area (Å²) in [4.78, 5) is 14.8. The fourth-order valence-electron chi connectivity index (χ4n) is 4.33. The first kappa shape index (κ1) is 23.8. The van der Waals surface area contributed by atoms with Crippen LogP contribution in [-0.4, -0.2) is 39.9 Å². The molecule has 1 aliphatic rings. The molecule has 7 heteroatoms. The van der Waals surface area contributed by atoms with Gasteiger partial charge in [-0.1, -0.05) is 49.4 Å². The zero-order chi connectivity index (χ0) is 24.3. The SMILES string of the molecule is CCc1ccc(CN(C)C(=O)c2ccc(OC)c(S(=O)(=O)N3CCCc4ccccc43)c2)cc1. The molecule has 0 radical (unpaired) electrons. The Morgan fingerprint density at radius 3 is 2.44 bits per heavy atom. The van der Waals surface area contributed by atoms with Crippen LogP contribution < -0.4 is 9.04 Å². The van der Waals surface area contributed by atoms with Crippen LogP contribution in [0.2, 0.25) is 0 Å². The van der Waals surface area contributed by atoms with Gasteiger partial charge in [-0.25, -0.2) is 8.42 Å². The molecular formula is C27H30N2O4S. The third-order valence-corrected chi connectivity index (χ3v) is 8.08. The number of methoxy groups -OCH3 is 1. The molecule has 0 bridgehead atoms. The van der Waals surface area contributed by atoms with Crippen molar-refractivity contribution in [1.29, 1.82) is 0 Å². The Bertz CT molecular complexity index is 1290. The third kappa shape index (κ3) is 4.66. The molecule has 0 saturated heterocycles. The molecule has 0 aliphatic carbocycles. The number of fused-ring (bicyclic) bond motifs is 1. The number of aryl methyl sites for hydroxylation is 2. The van der Waals surface area contributed by atoms with Crippen molar-refractivity contribution in [2.45, 2.75) is 37.6 Å². The molecule has 1 aliphatic heterocycles. The topological polar surface area (TPSA) is 66.9 Å². The number of amides is 1. The Hall–Kier alpha value is -3.32. The van der Waals surface area contributed by atoms with Gasteiger partial charge in [0.25, 0.3) is 15.9 Å². The fraction of sp³-hybridized carbons (Fsp3) is 0.296. The highest BCUT2D eigenvalue weighted by molar-refractivity contribution is 7.93. The van der Waals surface area contributed by atoms with Gasteiger partial charge in [-0.2, -0.15) is 0 Å². The minimum atomic E-state index is -3.93. The van der Waals surface area contributed by atoms with E-state index in [4.69, 9.17) is 4.74 Å². The third-order valence-electron chi connectivity index (χ3n) is 6.24. The lowest BCUT2D eigenvalue weighted by Crippen LogP contribution is -2.36. The number of anilines is 1. The van der Waals surface area contributed by atoms with Crippen LogP contribution in [-0.2, 0) is 29.4 Å². The number of carbonyl (C=O) groups excluding carboxylic acids is 1. The standard InChI is InChI=1S/C27H30N2O4S/c1-4-20-11-13-21(14-12-20)19-28(2)27(30)23-15-16-25(33-3)26(18-23)34(31,32)29-17-7-9-22-8-5-6-10-24(22)29/h5-6,8,10-16,18H,4,7,9,17,19H2,1-3H3. The van der Waals surface area contributed by atoms with E-state index in [0.29, 0.717) is 24.3 Å². The molecule has 0 spiro atoms. The molecule has 0 fully saturated rings. The minimum absolute atomic E-state index is 0.00162. The normalized spacial score (nSPS) is 13.3. The predicted octanol–water partition coefficient (Wildman–Crippen LogP) is 4.67. The first-order chi connectivity index (χ1) is 16.3. The summed E-state index contributed by atoms with van der Waals surface area (Å²) < 4.78 is 34.3. The number of rotatable bonds is 7. The van der Waals surface area contributed by atoms with Gasteiger partial charge >= 0.3 is 0 Å². The van der Waals surface area contributed by atoms with Gasteiger partial charge in [0.05, 0.1) is 12.8 Å². The van der Waals surface area contributed by atoms with Gasteiger partial charge < -0.3 is 9.64 Å². The van der Waals surface area contributed by atoms with Crippen LogP contribution in [0.5, 0.6) is 5.75 Å². The lowest BCUT2D eigenvalue weighted by atomic mass is 10.0. The molecule has 4 rings (SSSR count). The summed E-state index contributed by atoms with van der Waals surface area (Å²) in [7, 11) is -0.775. The van der Waals surface area contributed by atoms with E-state index in [2.05, 4.69) is 19.1 Å². The maximum atomic E-state index is 13.7. The minimum Gasteiger partial charge on any atom is -0.495 e.